The van der Waals surface area contributed by atoms with Crippen molar-refractivity contribution in [2.75, 3.05) is 37.7 Å². The standard InChI is InChI=1S/C18H25N7O/c1-13(24(2)12-15(26)25-10-6-7-11-25)16-21-17(19)23-18(22-16)20-14-8-4-3-5-9-14/h3-5,8-9,13H,6-7,10-12H2,1-2H3,(H3,19,20,21,22,23). The van der Waals surface area contributed by atoms with Gasteiger partial charge < -0.3 is 16.0 Å². The van der Waals surface area contributed by atoms with Gasteiger partial charge in [-0.3, -0.25) is 9.69 Å². The maximum Gasteiger partial charge on any atom is 0.236 e. The fraction of sp³-hybridized carbons (Fsp3) is 0.444. The van der Waals surface area contributed by atoms with Crippen LogP contribution in [-0.2, 0) is 4.79 Å². The minimum atomic E-state index is -0.164. The number of nitrogens with zero attached hydrogens (tertiary/aromatic N) is 5. The zero-order valence-corrected chi connectivity index (χ0v) is 15.2. The summed E-state index contributed by atoms with van der Waals surface area (Å²) in [5.41, 5.74) is 6.73. The topological polar surface area (TPSA) is 100 Å². The summed E-state index contributed by atoms with van der Waals surface area (Å²) in [6, 6.07) is 9.46. The fourth-order valence-corrected chi connectivity index (χ4v) is 2.92. The van der Waals surface area contributed by atoms with E-state index in [1.165, 1.54) is 0 Å². The molecular formula is C18H25N7O. The van der Waals surface area contributed by atoms with E-state index in [1.54, 1.807) is 0 Å². The molecule has 8 nitrogen and oxygen atoms in total. The second-order valence-electron chi connectivity index (χ2n) is 6.55. The first kappa shape index (κ1) is 18.1. The van der Waals surface area contributed by atoms with Gasteiger partial charge in [-0.2, -0.15) is 15.0 Å². The van der Waals surface area contributed by atoms with Crippen LogP contribution in [0.25, 0.3) is 0 Å². The zero-order valence-electron chi connectivity index (χ0n) is 15.2. The SMILES string of the molecule is CC(c1nc(N)nc(Nc2ccccc2)n1)N(C)CC(=O)N1CCCC1. The highest BCUT2D eigenvalue weighted by Crippen LogP contribution is 2.19. The highest BCUT2D eigenvalue weighted by molar-refractivity contribution is 5.78. The van der Waals surface area contributed by atoms with Crippen molar-refractivity contribution in [2.45, 2.75) is 25.8 Å². The molecule has 2 heterocycles. The number of nitrogen functional groups attached to an aromatic ring is 1. The van der Waals surface area contributed by atoms with Gasteiger partial charge in [-0.15, -0.1) is 0 Å². The molecule has 138 valence electrons. The Morgan fingerprint density at radius 1 is 1.23 bits per heavy atom. The Labute approximate surface area is 153 Å². The van der Waals surface area contributed by atoms with Crippen LogP contribution in [0.2, 0.25) is 0 Å². The average Bonchev–Trinajstić information content (AvgIpc) is 3.16. The minimum absolute atomic E-state index is 0.140. The number of nitrogens with one attached hydrogen (secondary N) is 1. The van der Waals surface area contributed by atoms with Gasteiger partial charge in [-0.1, -0.05) is 18.2 Å². The fourth-order valence-electron chi connectivity index (χ4n) is 2.92. The van der Waals surface area contributed by atoms with Gasteiger partial charge in [0, 0.05) is 18.8 Å². The third-order valence-electron chi connectivity index (χ3n) is 4.58. The lowest BCUT2D eigenvalue weighted by Gasteiger charge is -2.25. The maximum absolute atomic E-state index is 12.4. The van der Waals surface area contributed by atoms with Gasteiger partial charge in [0.2, 0.25) is 17.8 Å². The first-order chi connectivity index (χ1) is 12.5. The summed E-state index contributed by atoms with van der Waals surface area (Å²) in [6.45, 7) is 3.99. The summed E-state index contributed by atoms with van der Waals surface area (Å²) in [4.78, 5) is 29.1. The van der Waals surface area contributed by atoms with Crippen LogP contribution in [0.4, 0.5) is 17.6 Å². The van der Waals surface area contributed by atoms with Crippen LogP contribution in [0, 0.1) is 0 Å². The van der Waals surface area contributed by atoms with Crippen LogP contribution in [0.15, 0.2) is 30.3 Å². The predicted molar refractivity (Wildman–Crippen MR) is 101 cm³/mol. The Morgan fingerprint density at radius 3 is 2.62 bits per heavy atom. The molecule has 1 atom stereocenters. The zero-order chi connectivity index (χ0) is 18.5. The molecule has 1 aromatic carbocycles. The van der Waals surface area contributed by atoms with Crippen molar-refractivity contribution < 1.29 is 4.79 Å². The quantitative estimate of drug-likeness (QED) is 0.815. The molecule has 1 aliphatic rings. The molecule has 0 saturated carbocycles. The van der Waals surface area contributed by atoms with Gasteiger partial charge in [0.15, 0.2) is 5.82 Å². The van der Waals surface area contributed by atoms with Crippen molar-refractivity contribution in [3.8, 4) is 0 Å². The Morgan fingerprint density at radius 2 is 1.92 bits per heavy atom. The monoisotopic (exact) mass is 355 g/mol. The molecule has 3 rings (SSSR count). The maximum atomic E-state index is 12.4. The number of amides is 1. The third-order valence-corrected chi connectivity index (χ3v) is 4.58. The number of carbonyl (C=O) groups excluding carboxylic acids is 1. The molecule has 1 saturated heterocycles. The van der Waals surface area contributed by atoms with Crippen molar-refractivity contribution in [3.05, 3.63) is 36.2 Å². The number of likely N-dealkylation sites (N-methyl/N-ethyl adjacent to an activating group) is 1. The average molecular weight is 355 g/mol. The van der Waals surface area contributed by atoms with Crippen LogP contribution < -0.4 is 11.1 Å². The van der Waals surface area contributed by atoms with Gasteiger partial charge in [0.25, 0.3) is 0 Å². The molecule has 1 fully saturated rings. The van der Waals surface area contributed by atoms with Crippen LogP contribution in [0.5, 0.6) is 0 Å². The number of para-hydroxylation sites is 1. The van der Waals surface area contributed by atoms with Crippen molar-refractivity contribution >= 4 is 23.5 Å². The van der Waals surface area contributed by atoms with Crippen molar-refractivity contribution in [3.63, 3.8) is 0 Å². The summed E-state index contributed by atoms with van der Waals surface area (Å²) < 4.78 is 0. The molecule has 0 radical (unpaired) electrons. The summed E-state index contributed by atoms with van der Waals surface area (Å²) in [5.74, 6) is 1.22. The number of benzene rings is 1. The molecule has 0 aliphatic carbocycles. The number of aromatic nitrogens is 3. The summed E-state index contributed by atoms with van der Waals surface area (Å²) >= 11 is 0. The number of likely N-dealkylation sites (tertiary alicyclic amines) is 1. The largest absolute Gasteiger partial charge is 0.368 e. The van der Waals surface area contributed by atoms with E-state index in [1.807, 2.05) is 54.1 Å². The van der Waals surface area contributed by atoms with Crippen molar-refractivity contribution in [1.82, 2.24) is 24.8 Å². The minimum Gasteiger partial charge on any atom is -0.368 e. The van der Waals surface area contributed by atoms with Crippen molar-refractivity contribution in [1.29, 1.82) is 0 Å². The lowest BCUT2D eigenvalue weighted by molar-refractivity contribution is -0.131. The van der Waals surface area contributed by atoms with E-state index in [9.17, 15) is 4.79 Å². The number of hydrogen-bond donors (Lipinski definition) is 2. The second-order valence-corrected chi connectivity index (χ2v) is 6.55. The van der Waals surface area contributed by atoms with Gasteiger partial charge >= 0.3 is 0 Å². The van der Waals surface area contributed by atoms with E-state index in [4.69, 9.17) is 5.73 Å². The summed E-state index contributed by atoms with van der Waals surface area (Å²) in [5, 5.41) is 3.13. The van der Waals surface area contributed by atoms with Crippen LogP contribution in [0.3, 0.4) is 0 Å². The Bertz CT molecular complexity index is 746. The molecule has 8 heteroatoms. The molecule has 3 N–H and O–H groups in total. The Balaban J connectivity index is 1.69. The first-order valence-electron chi connectivity index (χ1n) is 8.84. The van der Waals surface area contributed by atoms with E-state index < -0.39 is 0 Å². The smallest absolute Gasteiger partial charge is 0.236 e. The molecule has 1 aliphatic heterocycles. The van der Waals surface area contributed by atoms with E-state index in [-0.39, 0.29) is 17.9 Å². The van der Waals surface area contributed by atoms with Gasteiger partial charge in [0.1, 0.15) is 0 Å². The predicted octanol–water partition coefficient (Wildman–Crippen LogP) is 1.81. The first-order valence-corrected chi connectivity index (χ1v) is 8.84. The Kier molecular flexibility index (Phi) is 5.62. The lowest BCUT2D eigenvalue weighted by atomic mass is 10.2. The Hall–Kier alpha value is -2.74. The van der Waals surface area contributed by atoms with Crippen LogP contribution >= 0.6 is 0 Å². The van der Waals surface area contributed by atoms with Crippen molar-refractivity contribution in [2.24, 2.45) is 0 Å². The number of nitrogens with two attached hydrogens (primary N) is 1. The normalized spacial score (nSPS) is 15.3. The molecule has 26 heavy (non-hydrogen) atoms. The summed E-state index contributed by atoms with van der Waals surface area (Å²) in [6.07, 6.45) is 2.17. The molecule has 1 unspecified atom stereocenters. The third kappa shape index (κ3) is 4.45. The van der Waals surface area contributed by atoms with Gasteiger partial charge in [-0.25, -0.2) is 0 Å². The van der Waals surface area contributed by atoms with E-state index in [0.717, 1.165) is 31.6 Å². The number of anilines is 3. The van der Waals surface area contributed by atoms with Gasteiger partial charge in [-0.05, 0) is 38.9 Å². The lowest BCUT2D eigenvalue weighted by Crippen LogP contribution is -2.38. The summed E-state index contributed by atoms with van der Waals surface area (Å²) in [7, 11) is 1.89. The van der Waals surface area contributed by atoms with E-state index >= 15 is 0 Å². The van der Waals surface area contributed by atoms with E-state index in [0.29, 0.717) is 18.3 Å². The highest BCUT2D eigenvalue weighted by atomic mass is 16.2. The van der Waals surface area contributed by atoms with Crippen LogP contribution in [0.1, 0.15) is 31.6 Å². The molecule has 0 bridgehead atoms. The number of rotatable bonds is 6. The molecule has 1 amide bonds. The molecule has 1 aromatic heterocycles. The van der Waals surface area contributed by atoms with E-state index in [2.05, 4.69) is 20.3 Å². The number of carbonyl (C=O) groups is 1. The molecular weight excluding hydrogens is 330 g/mol. The molecule has 0 spiro atoms. The van der Waals surface area contributed by atoms with Crippen LogP contribution in [-0.4, -0.2) is 57.3 Å². The second kappa shape index (κ2) is 8.09. The molecule has 2 aromatic rings. The highest BCUT2D eigenvalue weighted by Gasteiger charge is 2.23. The number of hydrogen-bond acceptors (Lipinski definition) is 7. The van der Waals surface area contributed by atoms with Gasteiger partial charge in [0.05, 0.1) is 12.6 Å².